The van der Waals surface area contributed by atoms with E-state index in [1.165, 1.54) is 0 Å². The zero-order valence-corrected chi connectivity index (χ0v) is 13.9. The van der Waals surface area contributed by atoms with Gasteiger partial charge in [0.2, 0.25) is 5.91 Å². The third kappa shape index (κ3) is 3.15. The van der Waals surface area contributed by atoms with E-state index >= 15 is 0 Å². The van der Waals surface area contributed by atoms with Gasteiger partial charge in [0, 0.05) is 6.04 Å². The van der Waals surface area contributed by atoms with Crippen molar-refractivity contribution in [3.63, 3.8) is 0 Å². The highest BCUT2D eigenvalue weighted by Crippen LogP contribution is 2.35. The number of hydrogen-bond donors (Lipinski definition) is 2. The zero-order valence-electron chi connectivity index (χ0n) is 13.9. The molecule has 3 rings (SSSR count). The maximum atomic E-state index is 12.8. The molecule has 1 aromatic rings. The third-order valence-electron chi connectivity index (χ3n) is 5.11. The van der Waals surface area contributed by atoms with E-state index in [2.05, 4.69) is 5.32 Å². The van der Waals surface area contributed by atoms with Gasteiger partial charge in [-0.2, -0.15) is 0 Å². The summed E-state index contributed by atoms with van der Waals surface area (Å²) in [6, 6.07) is 5.95. The van der Waals surface area contributed by atoms with Crippen molar-refractivity contribution < 1.29 is 14.3 Å². The van der Waals surface area contributed by atoms with Crippen LogP contribution < -0.4 is 20.5 Å². The first kappa shape index (κ1) is 16.1. The maximum Gasteiger partial charge on any atom is 0.230 e. The topological polar surface area (TPSA) is 73.6 Å². The lowest BCUT2D eigenvalue weighted by Gasteiger charge is -2.29. The molecule has 126 valence electrons. The van der Waals surface area contributed by atoms with E-state index in [-0.39, 0.29) is 11.9 Å². The minimum Gasteiger partial charge on any atom is -0.486 e. The Labute approximate surface area is 137 Å². The predicted molar refractivity (Wildman–Crippen MR) is 88.8 cm³/mol. The van der Waals surface area contributed by atoms with Gasteiger partial charge < -0.3 is 20.5 Å². The molecular formula is C18H26N2O3. The van der Waals surface area contributed by atoms with Gasteiger partial charge in [-0.05, 0) is 56.8 Å². The smallest absolute Gasteiger partial charge is 0.230 e. The molecule has 1 aliphatic heterocycles. The van der Waals surface area contributed by atoms with E-state index in [0.29, 0.717) is 25.7 Å². The van der Waals surface area contributed by atoms with Gasteiger partial charge in [0.1, 0.15) is 13.2 Å². The van der Waals surface area contributed by atoms with Crippen LogP contribution in [0.1, 0.15) is 38.7 Å². The van der Waals surface area contributed by atoms with E-state index in [1.807, 2.05) is 32.0 Å². The van der Waals surface area contributed by atoms with Crippen molar-refractivity contribution in [1.82, 2.24) is 5.32 Å². The molecule has 1 aliphatic carbocycles. The summed E-state index contributed by atoms with van der Waals surface area (Å²) in [5.41, 5.74) is 6.12. The Bertz CT molecular complexity index is 586. The number of carbonyl (C=O) groups is 1. The van der Waals surface area contributed by atoms with Gasteiger partial charge in [0.15, 0.2) is 11.5 Å². The summed E-state index contributed by atoms with van der Waals surface area (Å²) in [5, 5.41) is 3.21. The normalized spacial score (nSPS) is 23.6. The number of carbonyl (C=O) groups excluding carboxylic acids is 1. The van der Waals surface area contributed by atoms with Gasteiger partial charge in [0.25, 0.3) is 0 Å². The van der Waals surface area contributed by atoms with Crippen LogP contribution in [0.4, 0.5) is 0 Å². The zero-order chi connectivity index (χ0) is 16.4. The highest BCUT2D eigenvalue weighted by atomic mass is 16.6. The Morgan fingerprint density at radius 3 is 2.74 bits per heavy atom. The maximum absolute atomic E-state index is 12.8. The Kier molecular flexibility index (Phi) is 4.48. The number of fused-ring (bicyclic) bond motifs is 1. The lowest BCUT2D eigenvalue weighted by Crippen LogP contribution is -2.47. The van der Waals surface area contributed by atoms with Crippen LogP contribution in [0, 0.1) is 5.92 Å². The first-order valence-corrected chi connectivity index (χ1v) is 8.43. The second-order valence-electron chi connectivity index (χ2n) is 6.99. The fourth-order valence-corrected chi connectivity index (χ4v) is 3.42. The molecule has 1 fully saturated rings. The monoisotopic (exact) mass is 318 g/mol. The number of hydrogen-bond acceptors (Lipinski definition) is 4. The molecule has 0 bridgehead atoms. The Morgan fingerprint density at radius 1 is 1.26 bits per heavy atom. The number of nitrogens with two attached hydrogens (primary N) is 1. The molecule has 1 heterocycles. The Balaban J connectivity index is 1.76. The minimum atomic E-state index is -0.627. The molecule has 0 spiro atoms. The van der Waals surface area contributed by atoms with E-state index in [4.69, 9.17) is 15.2 Å². The molecule has 5 heteroatoms. The molecule has 3 N–H and O–H groups in total. The van der Waals surface area contributed by atoms with Crippen molar-refractivity contribution in [1.29, 1.82) is 0 Å². The third-order valence-corrected chi connectivity index (χ3v) is 5.11. The molecule has 1 aromatic carbocycles. The predicted octanol–water partition coefficient (Wildman–Crippen LogP) is 1.98. The molecule has 1 amide bonds. The number of amides is 1. The summed E-state index contributed by atoms with van der Waals surface area (Å²) in [5.74, 6) is 1.90. The van der Waals surface area contributed by atoms with Crippen molar-refractivity contribution in [2.75, 3.05) is 19.8 Å². The van der Waals surface area contributed by atoms with E-state index in [0.717, 1.165) is 36.3 Å². The SMILES string of the molecule is CC(C)(C(=O)NC1CCCC1CN)c1ccc2c(c1)OCCO2. The van der Waals surface area contributed by atoms with Crippen LogP contribution in [-0.4, -0.2) is 31.7 Å². The van der Waals surface area contributed by atoms with Gasteiger partial charge in [-0.1, -0.05) is 12.5 Å². The number of benzene rings is 1. The standard InChI is InChI=1S/C18H26N2O3/c1-18(2,17(21)20-14-5-3-4-12(14)11-19)13-6-7-15-16(10-13)23-9-8-22-15/h6-7,10,12,14H,3-5,8-9,11,19H2,1-2H3,(H,20,21). The van der Waals surface area contributed by atoms with E-state index < -0.39 is 5.41 Å². The molecule has 23 heavy (non-hydrogen) atoms. The van der Waals surface area contributed by atoms with Gasteiger partial charge >= 0.3 is 0 Å². The molecule has 0 saturated heterocycles. The molecule has 5 nitrogen and oxygen atoms in total. The summed E-state index contributed by atoms with van der Waals surface area (Å²) in [6.45, 7) is 5.64. The summed E-state index contributed by atoms with van der Waals surface area (Å²) < 4.78 is 11.2. The van der Waals surface area contributed by atoms with E-state index in [1.54, 1.807) is 0 Å². The second-order valence-corrected chi connectivity index (χ2v) is 6.99. The highest BCUT2D eigenvalue weighted by molar-refractivity contribution is 5.87. The van der Waals surface area contributed by atoms with Gasteiger partial charge in [-0.3, -0.25) is 4.79 Å². The van der Waals surface area contributed by atoms with Crippen LogP contribution in [0.25, 0.3) is 0 Å². The van der Waals surface area contributed by atoms with Crippen LogP contribution >= 0.6 is 0 Å². The Hall–Kier alpha value is -1.75. The number of ether oxygens (including phenoxy) is 2. The van der Waals surface area contributed by atoms with Crippen molar-refractivity contribution >= 4 is 5.91 Å². The van der Waals surface area contributed by atoms with Crippen LogP contribution in [0.5, 0.6) is 11.5 Å². The quantitative estimate of drug-likeness (QED) is 0.890. The second kappa shape index (κ2) is 6.40. The minimum absolute atomic E-state index is 0.0412. The molecule has 2 aliphatic rings. The van der Waals surface area contributed by atoms with Gasteiger partial charge in [-0.25, -0.2) is 0 Å². The largest absolute Gasteiger partial charge is 0.486 e. The van der Waals surface area contributed by atoms with Gasteiger partial charge in [-0.15, -0.1) is 0 Å². The number of nitrogens with one attached hydrogen (secondary N) is 1. The van der Waals surface area contributed by atoms with Crippen molar-refractivity contribution in [3.05, 3.63) is 23.8 Å². The molecule has 1 saturated carbocycles. The average Bonchev–Trinajstić information content (AvgIpc) is 3.01. The fraction of sp³-hybridized carbons (Fsp3) is 0.611. The molecule has 2 atom stereocenters. The van der Waals surface area contributed by atoms with Gasteiger partial charge in [0.05, 0.1) is 5.41 Å². The van der Waals surface area contributed by atoms with Crippen LogP contribution in [0.2, 0.25) is 0 Å². The first-order valence-electron chi connectivity index (χ1n) is 8.43. The summed E-state index contributed by atoms with van der Waals surface area (Å²) in [6.07, 6.45) is 3.26. The fourth-order valence-electron chi connectivity index (χ4n) is 3.42. The lowest BCUT2D eigenvalue weighted by molar-refractivity contribution is -0.126. The average molecular weight is 318 g/mol. The molecule has 0 radical (unpaired) electrons. The Morgan fingerprint density at radius 2 is 2.00 bits per heavy atom. The van der Waals surface area contributed by atoms with Crippen molar-refractivity contribution in [2.45, 2.75) is 44.6 Å². The van der Waals surface area contributed by atoms with Crippen molar-refractivity contribution in [3.8, 4) is 11.5 Å². The molecule has 2 unspecified atom stereocenters. The number of rotatable bonds is 4. The van der Waals surface area contributed by atoms with Crippen LogP contribution in [0.15, 0.2) is 18.2 Å². The molecule has 0 aromatic heterocycles. The van der Waals surface area contributed by atoms with Crippen molar-refractivity contribution in [2.24, 2.45) is 11.7 Å². The highest BCUT2D eigenvalue weighted by Gasteiger charge is 2.35. The summed E-state index contributed by atoms with van der Waals surface area (Å²) in [7, 11) is 0. The summed E-state index contributed by atoms with van der Waals surface area (Å²) in [4.78, 5) is 12.8. The lowest BCUT2D eigenvalue weighted by atomic mass is 9.83. The van der Waals surface area contributed by atoms with E-state index in [9.17, 15) is 4.79 Å². The summed E-state index contributed by atoms with van der Waals surface area (Å²) >= 11 is 0. The van der Waals surface area contributed by atoms with Crippen LogP contribution in [-0.2, 0) is 10.2 Å². The molecular weight excluding hydrogens is 292 g/mol. The van der Waals surface area contributed by atoms with Crippen LogP contribution in [0.3, 0.4) is 0 Å². The first-order chi connectivity index (χ1) is 11.0.